The number of unbranched alkanes of at least 4 members (excludes halogenated alkanes) is 3. The number of benzene rings is 2. The molecule has 0 aliphatic carbocycles. The van der Waals surface area contributed by atoms with Crippen LogP contribution in [0.3, 0.4) is 0 Å². The molecule has 3 rings (SSSR count). The van der Waals surface area contributed by atoms with E-state index in [0.717, 1.165) is 30.9 Å². The second-order valence-corrected chi connectivity index (χ2v) is 7.74. The van der Waals surface area contributed by atoms with Crippen molar-refractivity contribution in [3.8, 4) is 0 Å². The maximum absolute atomic E-state index is 4.57. The van der Waals surface area contributed by atoms with E-state index < -0.39 is 0 Å². The average Bonchev–Trinajstić information content (AvgIpc) is 2.73. The van der Waals surface area contributed by atoms with E-state index in [1.165, 1.54) is 30.4 Å². The third kappa shape index (κ3) is 7.86. The minimum atomic E-state index is 0.507. The molecule has 0 bridgehead atoms. The van der Waals surface area contributed by atoms with Crippen LogP contribution in [-0.2, 0) is 0 Å². The van der Waals surface area contributed by atoms with Gasteiger partial charge >= 0.3 is 0 Å². The monoisotopic (exact) mass is 419 g/mol. The van der Waals surface area contributed by atoms with Gasteiger partial charge < -0.3 is 21.3 Å². The van der Waals surface area contributed by atoms with Crippen LogP contribution in [-0.4, -0.2) is 35.1 Å². The molecule has 0 unspecified atom stereocenters. The number of hydrogen-bond acceptors (Lipinski definition) is 7. The molecule has 0 radical (unpaired) electrons. The number of rotatable bonds is 12. The normalized spacial score (nSPS) is 10.7. The largest absolute Gasteiger partial charge is 0.354 e. The molecule has 0 saturated heterocycles. The molecule has 0 aliphatic rings. The van der Waals surface area contributed by atoms with Crippen LogP contribution in [0.1, 0.15) is 36.8 Å². The number of aryl methyl sites for hydroxylation is 2. The van der Waals surface area contributed by atoms with Gasteiger partial charge in [-0.3, -0.25) is 0 Å². The smallest absolute Gasteiger partial charge is 0.233 e. The van der Waals surface area contributed by atoms with Crippen molar-refractivity contribution in [2.45, 2.75) is 39.5 Å². The molecule has 3 aromatic rings. The summed E-state index contributed by atoms with van der Waals surface area (Å²) in [5.74, 6) is 1.58. The fourth-order valence-corrected chi connectivity index (χ4v) is 3.25. The van der Waals surface area contributed by atoms with E-state index >= 15 is 0 Å². The third-order valence-electron chi connectivity index (χ3n) is 4.82. The lowest BCUT2D eigenvalue weighted by molar-refractivity contribution is 0.626. The molecule has 1 aromatic heterocycles. The van der Waals surface area contributed by atoms with E-state index in [-0.39, 0.29) is 0 Å². The Morgan fingerprint density at radius 2 is 1.16 bits per heavy atom. The fourth-order valence-electron chi connectivity index (χ4n) is 3.25. The fraction of sp³-hybridized carbons (Fsp3) is 0.375. The molecule has 0 amide bonds. The van der Waals surface area contributed by atoms with Crippen molar-refractivity contribution in [3.63, 3.8) is 0 Å². The molecule has 164 valence electrons. The first kappa shape index (κ1) is 22.5. The minimum absolute atomic E-state index is 0.507. The number of hydrogen-bond donors (Lipinski definition) is 4. The summed E-state index contributed by atoms with van der Waals surface area (Å²) in [5, 5.41) is 13.1. The van der Waals surface area contributed by atoms with Crippen molar-refractivity contribution >= 4 is 29.2 Å². The van der Waals surface area contributed by atoms with Gasteiger partial charge in [0.2, 0.25) is 17.8 Å². The lowest BCUT2D eigenvalue weighted by Gasteiger charge is -2.12. The number of nitrogens with zero attached hydrogens (tertiary/aromatic N) is 3. The van der Waals surface area contributed by atoms with E-state index in [2.05, 4.69) is 74.3 Å². The van der Waals surface area contributed by atoms with Crippen molar-refractivity contribution in [2.75, 3.05) is 36.1 Å². The van der Waals surface area contributed by atoms with Gasteiger partial charge in [-0.05, 0) is 75.7 Å². The van der Waals surface area contributed by atoms with Gasteiger partial charge in [0.25, 0.3) is 0 Å². The summed E-state index contributed by atoms with van der Waals surface area (Å²) in [7, 11) is 1.99. The van der Waals surface area contributed by atoms with Gasteiger partial charge in [-0.25, -0.2) is 0 Å². The molecule has 0 aliphatic heterocycles. The summed E-state index contributed by atoms with van der Waals surface area (Å²) >= 11 is 0. The SMILES string of the molecule is CNCCCCCCNc1nc(Nc2cccc(C)c2)nc(Nc2cccc(C)c2)n1. The minimum Gasteiger partial charge on any atom is -0.354 e. The summed E-state index contributed by atoms with van der Waals surface area (Å²) in [4.78, 5) is 13.7. The summed E-state index contributed by atoms with van der Waals surface area (Å²) < 4.78 is 0. The predicted molar refractivity (Wildman–Crippen MR) is 130 cm³/mol. The second-order valence-electron chi connectivity index (χ2n) is 7.74. The summed E-state index contributed by atoms with van der Waals surface area (Å²) in [6.45, 7) is 6.03. The van der Waals surface area contributed by atoms with Crippen LogP contribution >= 0.6 is 0 Å². The van der Waals surface area contributed by atoms with Crippen LogP contribution < -0.4 is 21.3 Å². The Kier molecular flexibility index (Phi) is 8.60. The summed E-state index contributed by atoms with van der Waals surface area (Å²) in [5.41, 5.74) is 4.24. The summed E-state index contributed by atoms with van der Waals surface area (Å²) in [6, 6.07) is 16.3. The van der Waals surface area contributed by atoms with E-state index in [1.54, 1.807) is 0 Å². The van der Waals surface area contributed by atoms with Gasteiger partial charge in [-0.15, -0.1) is 0 Å². The molecule has 7 heteroatoms. The molecule has 1 heterocycles. The molecule has 7 nitrogen and oxygen atoms in total. The molecular weight excluding hydrogens is 386 g/mol. The van der Waals surface area contributed by atoms with E-state index in [9.17, 15) is 0 Å². The Morgan fingerprint density at radius 3 is 1.68 bits per heavy atom. The first-order chi connectivity index (χ1) is 15.1. The number of aromatic nitrogens is 3. The maximum atomic E-state index is 4.57. The third-order valence-corrected chi connectivity index (χ3v) is 4.82. The van der Waals surface area contributed by atoms with Crippen molar-refractivity contribution in [1.82, 2.24) is 20.3 Å². The van der Waals surface area contributed by atoms with Gasteiger partial charge in [0.05, 0.1) is 0 Å². The maximum Gasteiger partial charge on any atom is 0.233 e. The highest BCUT2D eigenvalue weighted by Crippen LogP contribution is 2.20. The molecule has 31 heavy (non-hydrogen) atoms. The molecule has 0 atom stereocenters. The van der Waals surface area contributed by atoms with Crippen LogP contribution in [0, 0.1) is 13.8 Å². The standard InChI is InChI=1S/C24H33N7/c1-18-10-8-12-20(16-18)27-23-29-22(26-15-7-5-4-6-14-25-3)30-24(31-23)28-21-13-9-11-19(2)17-21/h8-13,16-17,25H,4-7,14-15H2,1-3H3,(H3,26,27,28,29,30,31). The summed E-state index contributed by atoms with van der Waals surface area (Å²) in [6.07, 6.45) is 4.69. The van der Waals surface area contributed by atoms with Crippen LogP contribution in [0.15, 0.2) is 48.5 Å². The Morgan fingerprint density at radius 1 is 0.645 bits per heavy atom. The molecular formula is C24H33N7. The van der Waals surface area contributed by atoms with Crippen LogP contribution in [0.4, 0.5) is 29.2 Å². The highest BCUT2D eigenvalue weighted by molar-refractivity contribution is 5.60. The Labute approximate surface area is 185 Å². The average molecular weight is 420 g/mol. The van der Waals surface area contributed by atoms with E-state index in [1.807, 2.05) is 31.3 Å². The van der Waals surface area contributed by atoms with Crippen molar-refractivity contribution < 1.29 is 0 Å². The quantitative estimate of drug-likeness (QED) is 0.301. The zero-order valence-electron chi connectivity index (χ0n) is 18.7. The first-order valence-electron chi connectivity index (χ1n) is 10.9. The highest BCUT2D eigenvalue weighted by atomic mass is 15.3. The predicted octanol–water partition coefficient (Wildman–Crippen LogP) is 5.17. The topological polar surface area (TPSA) is 86.8 Å². The highest BCUT2D eigenvalue weighted by Gasteiger charge is 2.08. The van der Waals surface area contributed by atoms with Gasteiger partial charge in [-0.1, -0.05) is 37.1 Å². The number of nitrogens with one attached hydrogen (secondary N) is 4. The van der Waals surface area contributed by atoms with Crippen molar-refractivity contribution in [1.29, 1.82) is 0 Å². The molecule has 0 fully saturated rings. The van der Waals surface area contributed by atoms with Crippen molar-refractivity contribution in [2.24, 2.45) is 0 Å². The van der Waals surface area contributed by atoms with E-state index in [0.29, 0.717) is 17.8 Å². The Bertz CT molecular complexity index is 892. The zero-order valence-corrected chi connectivity index (χ0v) is 18.7. The number of anilines is 5. The Hall–Kier alpha value is -3.19. The Balaban J connectivity index is 1.70. The molecule has 4 N–H and O–H groups in total. The molecule has 0 spiro atoms. The zero-order chi connectivity index (χ0) is 21.9. The van der Waals surface area contributed by atoms with Gasteiger partial charge in [0.15, 0.2) is 0 Å². The molecule has 2 aromatic carbocycles. The van der Waals surface area contributed by atoms with Gasteiger partial charge in [0, 0.05) is 17.9 Å². The van der Waals surface area contributed by atoms with Crippen LogP contribution in [0.5, 0.6) is 0 Å². The van der Waals surface area contributed by atoms with Gasteiger partial charge in [0.1, 0.15) is 0 Å². The first-order valence-corrected chi connectivity index (χ1v) is 10.9. The lowest BCUT2D eigenvalue weighted by Crippen LogP contribution is -2.11. The lowest BCUT2D eigenvalue weighted by atomic mass is 10.2. The van der Waals surface area contributed by atoms with Crippen LogP contribution in [0.2, 0.25) is 0 Å². The van der Waals surface area contributed by atoms with Crippen LogP contribution in [0.25, 0.3) is 0 Å². The van der Waals surface area contributed by atoms with Gasteiger partial charge in [-0.2, -0.15) is 15.0 Å². The second kappa shape index (κ2) is 11.9. The van der Waals surface area contributed by atoms with Crippen molar-refractivity contribution in [3.05, 3.63) is 59.7 Å². The van der Waals surface area contributed by atoms with E-state index in [4.69, 9.17) is 0 Å². The molecule has 0 saturated carbocycles.